The fourth-order valence-electron chi connectivity index (χ4n) is 1.95. The van der Waals surface area contributed by atoms with Gasteiger partial charge in [-0.15, -0.1) is 0 Å². The molecule has 0 fully saturated rings. The Bertz CT molecular complexity index is 386. The first kappa shape index (κ1) is 13.0. The molecule has 0 bridgehead atoms. The van der Waals surface area contributed by atoms with E-state index in [0.29, 0.717) is 19.6 Å². The van der Waals surface area contributed by atoms with Gasteiger partial charge in [0.2, 0.25) is 0 Å². The molecular formula is C15H18O3. The maximum atomic E-state index is 10.4. The summed E-state index contributed by atoms with van der Waals surface area (Å²) >= 11 is 0. The van der Waals surface area contributed by atoms with Gasteiger partial charge in [-0.25, -0.2) is 0 Å². The predicted octanol–water partition coefficient (Wildman–Crippen LogP) is 2.51. The van der Waals surface area contributed by atoms with Crippen molar-refractivity contribution >= 4 is 6.29 Å². The van der Waals surface area contributed by atoms with Crippen molar-refractivity contribution in [3.8, 4) is 0 Å². The molecule has 2 rings (SSSR count). The van der Waals surface area contributed by atoms with Crippen LogP contribution >= 0.6 is 0 Å². The van der Waals surface area contributed by atoms with Crippen molar-refractivity contribution in [3.05, 3.63) is 48.0 Å². The number of rotatable bonds is 6. The van der Waals surface area contributed by atoms with E-state index in [1.165, 1.54) is 0 Å². The molecule has 18 heavy (non-hydrogen) atoms. The van der Waals surface area contributed by atoms with Crippen molar-refractivity contribution in [2.45, 2.75) is 31.7 Å². The van der Waals surface area contributed by atoms with E-state index in [2.05, 4.69) is 6.08 Å². The zero-order valence-electron chi connectivity index (χ0n) is 10.3. The van der Waals surface area contributed by atoms with Crippen LogP contribution in [0.4, 0.5) is 0 Å². The van der Waals surface area contributed by atoms with Gasteiger partial charge in [0.25, 0.3) is 0 Å². The van der Waals surface area contributed by atoms with Crippen LogP contribution in [0.15, 0.2) is 42.5 Å². The van der Waals surface area contributed by atoms with E-state index >= 15 is 0 Å². The van der Waals surface area contributed by atoms with E-state index in [0.717, 1.165) is 18.3 Å². The summed E-state index contributed by atoms with van der Waals surface area (Å²) in [5.41, 5.74) is 1.16. The van der Waals surface area contributed by atoms with Gasteiger partial charge >= 0.3 is 0 Å². The molecule has 0 N–H and O–H groups in total. The zero-order chi connectivity index (χ0) is 12.6. The van der Waals surface area contributed by atoms with E-state index in [4.69, 9.17) is 9.47 Å². The molecule has 1 aromatic rings. The summed E-state index contributed by atoms with van der Waals surface area (Å²) in [4.78, 5) is 10.4. The van der Waals surface area contributed by atoms with Gasteiger partial charge in [-0.05, 0) is 12.0 Å². The van der Waals surface area contributed by atoms with Crippen LogP contribution in [0.2, 0.25) is 0 Å². The Hall–Kier alpha value is -1.45. The van der Waals surface area contributed by atoms with Crippen molar-refractivity contribution in [1.82, 2.24) is 0 Å². The Morgan fingerprint density at radius 1 is 1.33 bits per heavy atom. The lowest BCUT2D eigenvalue weighted by Crippen LogP contribution is -2.28. The van der Waals surface area contributed by atoms with E-state index in [1.54, 1.807) is 0 Å². The normalized spacial score (nSPS) is 22.9. The minimum atomic E-state index is -0.0819. The van der Waals surface area contributed by atoms with Crippen molar-refractivity contribution in [2.75, 3.05) is 6.61 Å². The molecule has 2 atom stereocenters. The van der Waals surface area contributed by atoms with Gasteiger partial charge in [0, 0.05) is 6.42 Å². The van der Waals surface area contributed by atoms with E-state index in [-0.39, 0.29) is 12.2 Å². The van der Waals surface area contributed by atoms with E-state index in [1.807, 2.05) is 36.4 Å². The average molecular weight is 246 g/mol. The summed E-state index contributed by atoms with van der Waals surface area (Å²) in [5, 5.41) is 0. The van der Waals surface area contributed by atoms with Gasteiger partial charge in [-0.3, -0.25) is 0 Å². The quantitative estimate of drug-likeness (QED) is 0.571. The van der Waals surface area contributed by atoms with Crippen molar-refractivity contribution in [3.63, 3.8) is 0 Å². The van der Waals surface area contributed by atoms with Gasteiger partial charge in [-0.2, -0.15) is 0 Å². The van der Waals surface area contributed by atoms with Crippen LogP contribution < -0.4 is 0 Å². The lowest BCUT2D eigenvalue weighted by Gasteiger charge is -2.24. The third kappa shape index (κ3) is 4.09. The van der Waals surface area contributed by atoms with Crippen LogP contribution in [-0.2, 0) is 20.9 Å². The van der Waals surface area contributed by atoms with Crippen LogP contribution in [0, 0.1) is 0 Å². The number of carbonyl (C=O) groups is 1. The Morgan fingerprint density at radius 2 is 2.17 bits per heavy atom. The maximum absolute atomic E-state index is 10.4. The molecule has 1 heterocycles. The van der Waals surface area contributed by atoms with Crippen LogP contribution in [0.25, 0.3) is 0 Å². The summed E-state index contributed by atoms with van der Waals surface area (Å²) in [6, 6.07) is 10.1. The molecule has 1 unspecified atom stereocenters. The zero-order valence-corrected chi connectivity index (χ0v) is 10.3. The number of hydrogen-bond donors (Lipinski definition) is 0. The third-order valence-corrected chi connectivity index (χ3v) is 2.86. The van der Waals surface area contributed by atoms with Crippen LogP contribution in [-0.4, -0.2) is 25.1 Å². The monoisotopic (exact) mass is 246 g/mol. The smallest absolute Gasteiger partial charge is 0.122 e. The first-order valence-electron chi connectivity index (χ1n) is 6.26. The van der Waals surface area contributed by atoms with Gasteiger partial charge in [0.15, 0.2) is 0 Å². The van der Waals surface area contributed by atoms with Crippen molar-refractivity contribution in [2.24, 2.45) is 0 Å². The molecule has 0 radical (unpaired) electrons. The molecule has 3 heteroatoms. The molecule has 0 aliphatic carbocycles. The standard InChI is InChI=1S/C15H18O3/c16-10-9-14-7-4-8-15(18-14)12-17-11-13-5-2-1-3-6-13/h1-7,10,14-15H,8-9,11-12H2/t14?,15-/m0/s1. The molecular weight excluding hydrogens is 228 g/mol. The maximum Gasteiger partial charge on any atom is 0.122 e. The molecule has 0 aromatic heterocycles. The van der Waals surface area contributed by atoms with Gasteiger partial charge in [0.1, 0.15) is 6.29 Å². The Kier molecular flexibility index (Phi) is 5.12. The lowest BCUT2D eigenvalue weighted by molar-refractivity contribution is -0.112. The largest absolute Gasteiger partial charge is 0.374 e. The number of aldehydes is 1. The highest BCUT2D eigenvalue weighted by molar-refractivity contribution is 5.50. The molecule has 0 saturated heterocycles. The minimum Gasteiger partial charge on any atom is -0.374 e. The predicted molar refractivity (Wildman–Crippen MR) is 69.2 cm³/mol. The molecule has 0 spiro atoms. The van der Waals surface area contributed by atoms with Crippen LogP contribution in [0.5, 0.6) is 0 Å². The number of carbonyl (C=O) groups excluding carboxylic acids is 1. The van der Waals surface area contributed by atoms with Gasteiger partial charge < -0.3 is 14.3 Å². The first-order chi connectivity index (χ1) is 8.88. The molecule has 1 aromatic carbocycles. The van der Waals surface area contributed by atoms with E-state index in [9.17, 15) is 4.79 Å². The first-order valence-corrected chi connectivity index (χ1v) is 6.26. The highest BCUT2D eigenvalue weighted by Gasteiger charge is 2.17. The minimum absolute atomic E-state index is 0.0589. The Labute approximate surface area is 107 Å². The third-order valence-electron chi connectivity index (χ3n) is 2.86. The second-order valence-electron chi connectivity index (χ2n) is 4.36. The average Bonchev–Trinajstić information content (AvgIpc) is 2.41. The molecule has 0 saturated carbocycles. The van der Waals surface area contributed by atoms with Crippen LogP contribution in [0.1, 0.15) is 18.4 Å². The highest BCUT2D eigenvalue weighted by Crippen LogP contribution is 2.15. The Balaban J connectivity index is 1.71. The molecule has 96 valence electrons. The van der Waals surface area contributed by atoms with Gasteiger partial charge in [0.05, 0.1) is 25.4 Å². The van der Waals surface area contributed by atoms with Crippen molar-refractivity contribution in [1.29, 1.82) is 0 Å². The molecule has 3 nitrogen and oxygen atoms in total. The second kappa shape index (κ2) is 7.09. The highest BCUT2D eigenvalue weighted by atomic mass is 16.5. The topological polar surface area (TPSA) is 35.5 Å². The number of benzene rings is 1. The van der Waals surface area contributed by atoms with Gasteiger partial charge in [-0.1, -0.05) is 42.5 Å². The number of ether oxygens (including phenoxy) is 2. The van der Waals surface area contributed by atoms with Crippen molar-refractivity contribution < 1.29 is 14.3 Å². The SMILES string of the molecule is O=CCC1C=CC[C@@H](COCc2ccccc2)O1. The number of hydrogen-bond acceptors (Lipinski definition) is 3. The second-order valence-corrected chi connectivity index (χ2v) is 4.36. The molecule has 1 aliphatic heterocycles. The summed E-state index contributed by atoms with van der Waals surface area (Å²) < 4.78 is 11.4. The molecule has 0 amide bonds. The molecule has 1 aliphatic rings. The summed E-state index contributed by atoms with van der Waals surface area (Å²) in [6.45, 7) is 1.16. The Morgan fingerprint density at radius 3 is 2.94 bits per heavy atom. The fraction of sp³-hybridized carbons (Fsp3) is 0.400. The van der Waals surface area contributed by atoms with Crippen LogP contribution in [0.3, 0.4) is 0 Å². The lowest BCUT2D eigenvalue weighted by atomic mass is 10.1. The summed E-state index contributed by atoms with van der Waals surface area (Å²) in [7, 11) is 0. The fourth-order valence-corrected chi connectivity index (χ4v) is 1.95. The summed E-state index contributed by atoms with van der Waals surface area (Å²) in [5.74, 6) is 0. The summed E-state index contributed by atoms with van der Waals surface area (Å²) in [6.07, 6.45) is 6.15. The van der Waals surface area contributed by atoms with E-state index < -0.39 is 0 Å².